The maximum atomic E-state index is 13.4. The molecule has 2 unspecified atom stereocenters. The van der Waals surface area contributed by atoms with Gasteiger partial charge in [-0.1, -0.05) is 12.1 Å². The van der Waals surface area contributed by atoms with Gasteiger partial charge in [0.15, 0.2) is 12.4 Å². The first-order valence-corrected chi connectivity index (χ1v) is 12.8. The van der Waals surface area contributed by atoms with E-state index >= 15 is 0 Å². The summed E-state index contributed by atoms with van der Waals surface area (Å²) in [6.45, 7) is -0.978. The molecule has 2 aromatic heterocycles. The molecule has 1 aromatic carbocycles. The number of alkyl halides is 3. The number of hydrogen-bond acceptors (Lipinski definition) is 7. The monoisotopic (exact) mass is 567 g/mol. The fourth-order valence-electron chi connectivity index (χ4n) is 4.77. The van der Waals surface area contributed by atoms with Gasteiger partial charge in [-0.2, -0.15) is 23.5 Å². The Labute approximate surface area is 231 Å². The van der Waals surface area contributed by atoms with E-state index in [2.05, 4.69) is 26.0 Å². The summed E-state index contributed by atoms with van der Waals surface area (Å²) in [4.78, 5) is 43.0. The Morgan fingerprint density at radius 3 is 2.76 bits per heavy atom. The number of rotatable bonds is 8. The minimum Gasteiger partial charge on any atom is -0.484 e. The third-order valence-corrected chi connectivity index (χ3v) is 6.71. The van der Waals surface area contributed by atoms with Crippen LogP contribution in [0, 0.1) is 11.3 Å². The van der Waals surface area contributed by atoms with Crippen molar-refractivity contribution in [1.82, 2.24) is 30.7 Å². The number of nitriles is 1. The van der Waals surface area contributed by atoms with Gasteiger partial charge in [0, 0.05) is 25.2 Å². The average Bonchev–Trinajstić information content (AvgIpc) is 3.54. The van der Waals surface area contributed by atoms with Crippen LogP contribution in [0.25, 0.3) is 5.82 Å². The molecule has 0 bridgehead atoms. The third kappa shape index (κ3) is 6.29. The summed E-state index contributed by atoms with van der Waals surface area (Å²) in [5.41, 5.74) is 1.36. The van der Waals surface area contributed by atoms with Crippen molar-refractivity contribution >= 4 is 17.7 Å². The summed E-state index contributed by atoms with van der Waals surface area (Å²) in [5, 5.41) is 21.8. The normalized spacial score (nSPS) is 18.2. The molecule has 3 N–H and O–H groups in total. The topological polar surface area (TPSA) is 151 Å². The Morgan fingerprint density at radius 2 is 2.07 bits per heavy atom. The Bertz CT molecular complexity index is 1530. The van der Waals surface area contributed by atoms with Gasteiger partial charge in [0.2, 0.25) is 5.91 Å². The van der Waals surface area contributed by atoms with E-state index in [1.54, 1.807) is 12.1 Å². The van der Waals surface area contributed by atoms with E-state index in [0.717, 1.165) is 5.56 Å². The predicted octanol–water partition coefficient (Wildman–Crippen LogP) is 1.99. The van der Waals surface area contributed by atoms with Crippen LogP contribution in [0.3, 0.4) is 0 Å². The van der Waals surface area contributed by atoms with Crippen LogP contribution in [-0.4, -0.2) is 63.9 Å². The van der Waals surface area contributed by atoms with Gasteiger partial charge in [0.05, 0.1) is 16.8 Å². The maximum Gasteiger partial charge on any atom is 0.422 e. The summed E-state index contributed by atoms with van der Waals surface area (Å²) in [6.07, 6.45) is -1.58. The standard InChI is InChI=1S/C27H24F3N7O4/c28-27(29,30)14-41-18-3-1-2-15(10-18)4-6-17-11-20-22(25(39)34-17)23(26(40)35-19-8-9-32-24(19)38)37(36-20)21-7-5-16(12-31)13-33-21/h1-3,5,7,10,13,17,19H,4,6,8-9,11,14H2,(H,32,38)(H,34,39)(H,35,40). The molecule has 2 aliphatic heterocycles. The number of hydrogen-bond donors (Lipinski definition) is 3. The summed E-state index contributed by atoms with van der Waals surface area (Å²) in [6, 6.07) is 10.2. The smallest absolute Gasteiger partial charge is 0.422 e. The lowest BCUT2D eigenvalue weighted by Gasteiger charge is -2.23. The predicted molar refractivity (Wildman–Crippen MR) is 136 cm³/mol. The number of benzene rings is 1. The summed E-state index contributed by atoms with van der Waals surface area (Å²) in [7, 11) is 0. The van der Waals surface area contributed by atoms with Crippen LogP contribution < -0.4 is 20.7 Å². The number of carbonyl (C=O) groups is 3. The third-order valence-electron chi connectivity index (χ3n) is 6.71. The van der Waals surface area contributed by atoms with Crippen molar-refractivity contribution in [2.24, 2.45) is 0 Å². The van der Waals surface area contributed by atoms with Gasteiger partial charge in [-0.25, -0.2) is 9.67 Å². The molecule has 212 valence electrons. The van der Waals surface area contributed by atoms with Crippen LogP contribution in [0.5, 0.6) is 5.75 Å². The van der Waals surface area contributed by atoms with E-state index in [1.165, 1.54) is 35.1 Å². The number of fused-ring (bicyclic) bond motifs is 1. The van der Waals surface area contributed by atoms with Crippen molar-refractivity contribution in [3.05, 3.63) is 70.7 Å². The average molecular weight is 568 g/mol. The molecular formula is C27H24F3N7O4. The van der Waals surface area contributed by atoms with Gasteiger partial charge in [-0.05, 0) is 49.1 Å². The number of nitrogens with one attached hydrogen (secondary N) is 3. The second-order valence-electron chi connectivity index (χ2n) is 9.67. The van der Waals surface area contributed by atoms with Gasteiger partial charge >= 0.3 is 6.18 Å². The quantitative estimate of drug-likeness (QED) is 0.377. The molecule has 41 heavy (non-hydrogen) atoms. The lowest BCUT2D eigenvalue weighted by Crippen LogP contribution is -2.44. The Kier molecular flexibility index (Phi) is 7.60. The Balaban J connectivity index is 1.37. The molecule has 0 radical (unpaired) electrons. The van der Waals surface area contributed by atoms with Crippen LogP contribution >= 0.6 is 0 Å². The Hall–Kier alpha value is -4.93. The van der Waals surface area contributed by atoms with Crippen LogP contribution in [0.2, 0.25) is 0 Å². The molecule has 1 saturated heterocycles. The fraction of sp³-hybridized carbons (Fsp3) is 0.333. The molecule has 2 atom stereocenters. The highest BCUT2D eigenvalue weighted by atomic mass is 19.4. The minimum absolute atomic E-state index is 0.0610. The first-order valence-electron chi connectivity index (χ1n) is 12.8. The van der Waals surface area contributed by atoms with Crippen molar-refractivity contribution in [1.29, 1.82) is 5.26 Å². The highest BCUT2D eigenvalue weighted by Gasteiger charge is 2.36. The highest BCUT2D eigenvalue weighted by Crippen LogP contribution is 2.26. The van der Waals surface area contributed by atoms with Crippen LogP contribution in [-0.2, 0) is 17.6 Å². The molecule has 4 heterocycles. The second-order valence-corrected chi connectivity index (χ2v) is 9.67. The molecule has 0 saturated carbocycles. The molecule has 0 aliphatic carbocycles. The number of carbonyl (C=O) groups excluding carboxylic acids is 3. The summed E-state index contributed by atoms with van der Waals surface area (Å²) < 4.78 is 43.6. The summed E-state index contributed by atoms with van der Waals surface area (Å²) >= 11 is 0. The molecule has 1 fully saturated rings. The van der Waals surface area contributed by atoms with E-state index in [1.807, 2.05) is 6.07 Å². The molecule has 11 nitrogen and oxygen atoms in total. The molecule has 0 spiro atoms. The molecule has 3 aromatic rings. The van der Waals surface area contributed by atoms with Crippen molar-refractivity contribution in [3.63, 3.8) is 0 Å². The van der Waals surface area contributed by atoms with E-state index in [4.69, 9.17) is 10.00 Å². The van der Waals surface area contributed by atoms with Gasteiger partial charge in [0.1, 0.15) is 23.6 Å². The van der Waals surface area contributed by atoms with Crippen LogP contribution in [0.15, 0.2) is 42.6 Å². The number of ether oxygens (including phenoxy) is 1. The van der Waals surface area contributed by atoms with Gasteiger partial charge < -0.3 is 20.7 Å². The number of aryl methyl sites for hydroxylation is 1. The van der Waals surface area contributed by atoms with Crippen molar-refractivity contribution in [3.8, 4) is 17.6 Å². The fourth-order valence-corrected chi connectivity index (χ4v) is 4.77. The van der Waals surface area contributed by atoms with Gasteiger partial charge in [-0.3, -0.25) is 14.4 Å². The van der Waals surface area contributed by atoms with E-state index in [0.29, 0.717) is 37.1 Å². The van der Waals surface area contributed by atoms with Crippen LogP contribution in [0.1, 0.15) is 50.5 Å². The summed E-state index contributed by atoms with van der Waals surface area (Å²) in [5.74, 6) is -1.22. The van der Waals surface area contributed by atoms with Crippen molar-refractivity contribution < 1.29 is 32.3 Å². The van der Waals surface area contributed by atoms with E-state index < -0.39 is 30.6 Å². The molecule has 14 heteroatoms. The maximum absolute atomic E-state index is 13.4. The van der Waals surface area contributed by atoms with Crippen molar-refractivity contribution in [2.75, 3.05) is 13.2 Å². The first kappa shape index (κ1) is 27.6. The largest absolute Gasteiger partial charge is 0.484 e. The molecule has 5 rings (SSSR count). The molecular weight excluding hydrogens is 543 g/mol. The molecule has 3 amide bonds. The SMILES string of the molecule is N#Cc1ccc(-n2nc3c(c2C(=O)NC2CCNC2=O)C(=O)NC(CCc2cccc(OCC(F)(F)F)c2)C3)nc1. The van der Waals surface area contributed by atoms with Gasteiger partial charge in [0.25, 0.3) is 11.8 Å². The zero-order valence-electron chi connectivity index (χ0n) is 21.5. The number of amides is 3. The van der Waals surface area contributed by atoms with E-state index in [9.17, 15) is 27.6 Å². The lowest BCUT2D eigenvalue weighted by atomic mass is 9.95. The second kappa shape index (κ2) is 11.3. The van der Waals surface area contributed by atoms with Crippen LogP contribution in [0.4, 0.5) is 13.2 Å². The lowest BCUT2D eigenvalue weighted by molar-refractivity contribution is -0.153. The highest BCUT2D eigenvalue weighted by molar-refractivity contribution is 6.09. The van der Waals surface area contributed by atoms with Gasteiger partial charge in [-0.15, -0.1) is 0 Å². The minimum atomic E-state index is -4.45. The zero-order valence-corrected chi connectivity index (χ0v) is 21.5. The van der Waals surface area contributed by atoms with Crippen molar-refractivity contribution in [2.45, 2.75) is 43.9 Å². The number of nitrogens with zero attached hydrogens (tertiary/aromatic N) is 4. The number of halogens is 3. The first-order chi connectivity index (χ1) is 19.6. The number of aromatic nitrogens is 3. The van der Waals surface area contributed by atoms with E-state index in [-0.39, 0.29) is 41.2 Å². The Morgan fingerprint density at radius 1 is 1.24 bits per heavy atom. The molecule has 2 aliphatic rings. The zero-order chi connectivity index (χ0) is 29.1. The number of pyridine rings is 1.